The van der Waals surface area contributed by atoms with Crippen LogP contribution in [-0.4, -0.2) is 25.6 Å². The van der Waals surface area contributed by atoms with Gasteiger partial charge in [-0.3, -0.25) is 9.20 Å². The van der Waals surface area contributed by atoms with Crippen molar-refractivity contribution in [3.05, 3.63) is 32.7 Å². The smallest absolute Gasteiger partial charge is 0.259 e. The van der Waals surface area contributed by atoms with Gasteiger partial charge >= 0.3 is 0 Å². The number of anilines is 1. The van der Waals surface area contributed by atoms with Crippen LogP contribution in [0.15, 0.2) is 15.2 Å². The molecule has 2 aliphatic rings. The van der Waals surface area contributed by atoms with Crippen molar-refractivity contribution in [2.24, 2.45) is 0 Å². The molecule has 0 unspecified atom stereocenters. The Kier molecular flexibility index (Phi) is 4.02. The molecule has 3 heterocycles. The molecular formula is C16H17N5OS3. The van der Waals surface area contributed by atoms with Crippen molar-refractivity contribution in [3.8, 4) is 0 Å². The van der Waals surface area contributed by atoms with Gasteiger partial charge in [-0.15, -0.1) is 21.5 Å². The Morgan fingerprint density at radius 3 is 3.00 bits per heavy atom. The highest BCUT2D eigenvalue weighted by atomic mass is 32.2. The molecule has 9 heteroatoms. The monoisotopic (exact) mass is 391 g/mol. The largest absolute Gasteiger partial charge is 0.357 e. The SMILES string of the molecule is O=c1cc(CSc2nnc(NC3CC3)s2)nc2sc3c(n12)CCCC3. The van der Waals surface area contributed by atoms with Crippen molar-refractivity contribution < 1.29 is 0 Å². The predicted molar refractivity (Wildman–Crippen MR) is 102 cm³/mol. The number of nitrogens with one attached hydrogen (secondary N) is 1. The normalized spacial score (nSPS) is 17.0. The van der Waals surface area contributed by atoms with Crippen molar-refractivity contribution in [1.29, 1.82) is 0 Å². The van der Waals surface area contributed by atoms with E-state index in [4.69, 9.17) is 4.98 Å². The molecular weight excluding hydrogens is 374 g/mol. The van der Waals surface area contributed by atoms with Crippen LogP contribution in [0, 0.1) is 0 Å². The average Bonchev–Trinajstić information content (AvgIpc) is 3.17. The van der Waals surface area contributed by atoms with Gasteiger partial charge in [0.15, 0.2) is 9.30 Å². The molecule has 0 saturated heterocycles. The summed E-state index contributed by atoms with van der Waals surface area (Å²) in [4.78, 5) is 19.5. The zero-order valence-electron chi connectivity index (χ0n) is 13.5. The number of nitrogens with zero attached hydrogens (tertiary/aromatic N) is 4. The second kappa shape index (κ2) is 6.37. The minimum Gasteiger partial charge on any atom is -0.357 e. The van der Waals surface area contributed by atoms with Crippen LogP contribution in [0.4, 0.5) is 5.13 Å². The zero-order chi connectivity index (χ0) is 16.8. The molecule has 25 heavy (non-hydrogen) atoms. The molecule has 0 radical (unpaired) electrons. The van der Waals surface area contributed by atoms with Crippen molar-refractivity contribution in [2.45, 2.75) is 54.7 Å². The van der Waals surface area contributed by atoms with E-state index in [1.807, 2.05) is 4.40 Å². The van der Waals surface area contributed by atoms with Crippen molar-refractivity contribution in [2.75, 3.05) is 5.32 Å². The maximum absolute atomic E-state index is 12.6. The lowest BCUT2D eigenvalue weighted by molar-refractivity contribution is 0.670. The second-order valence-electron chi connectivity index (χ2n) is 6.46. The molecule has 3 aromatic heterocycles. The summed E-state index contributed by atoms with van der Waals surface area (Å²) in [6.45, 7) is 0. The Morgan fingerprint density at radius 2 is 2.12 bits per heavy atom. The average molecular weight is 392 g/mol. The van der Waals surface area contributed by atoms with Crippen LogP contribution in [0.1, 0.15) is 41.9 Å². The summed E-state index contributed by atoms with van der Waals surface area (Å²) in [5, 5.41) is 12.6. The van der Waals surface area contributed by atoms with Gasteiger partial charge in [0, 0.05) is 28.4 Å². The Hall–Kier alpha value is -1.45. The Balaban J connectivity index is 1.36. The first-order valence-electron chi connectivity index (χ1n) is 8.52. The first-order valence-corrected chi connectivity index (χ1v) is 11.1. The molecule has 6 nitrogen and oxygen atoms in total. The van der Waals surface area contributed by atoms with E-state index in [0.29, 0.717) is 11.8 Å². The number of hydrogen-bond acceptors (Lipinski definition) is 8. The van der Waals surface area contributed by atoms with Gasteiger partial charge in [0.25, 0.3) is 5.56 Å². The van der Waals surface area contributed by atoms with Gasteiger partial charge in [-0.1, -0.05) is 23.1 Å². The van der Waals surface area contributed by atoms with E-state index in [1.165, 1.54) is 29.8 Å². The van der Waals surface area contributed by atoms with E-state index in [2.05, 4.69) is 15.5 Å². The topological polar surface area (TPSA) is 72.2 Å². The maximum Gasteiger partial charge on any atom is 0.259 e. The summed E-state index contributed by atoms with van der Waals surface area (Å²) in [5.41, 5.74) is 2.05. The molecule has 130 valence electrons. The summed E-state index contributed by atoms with van der Waals surface area (Å²) in [7, 11) is 0. The number of hydrogen-bond donors (Lipinski definition) is 1. The van der Waals surface area contributed by atoms with Gasteiger partial charge in [-0.2, -0.15) is 0 Å². The minimum atomic E-state index is 0.0494. The van der Waals surface area contributed by atoms with Crippen LogP contribution >= 0.6 is 34.4 Å². The molecule has 2 aliphatic carbocycles. The maximum atomic E-state index is 12.6. The molecule has 0 spiro atoms. The van der Waals surface area contributed by atoms with Crippen LogP contribution in [0.2, 0.25) is 0 Å². The van der Waals surface area contributed by atoms with Gasteiger partial charge in [0.05, 0.1) is 5.69 Å². The number of rotatable bonds is 5. The highest BCUT2D eigenvalue weighted by molar-refractivity contribution is 8.00. The van der Waals surface area contributed by atoms with Crippen LogP contribution in [-0.2, 0) is 18.6 Å². The fourth-order valence-corrected chi connectivity index (χ4v) is 6.03. The fourth-order valence-electron chi connectivity index (χ4n) is 3.08. The third-order valence-corrected chi connectivity index (χ3v) is 7.63. The number of thiazole rings is 1. The van der Waals surface area contributed by atoms with Crippen LogP contribution in [0.5, 0.6) is 0 Å². The summed E-state index contributed by atoms with van der Waals surface area (Å²) < 4.78 is 2.73. The minimum absolute atomic E-state index is 0.0494. The lowest BCUT2D eigenvalue weighted by Crippen LogP contribution is -2.17. The second-order valence-corrected chi connectivity index (χ2v) is 9.73. The number of fused-ring (bicyclic) bond motifs is 3. The molecule has 5 rings (SSSR count). The summed E-state index contributed by atoms with van der Waals surface area (Å²) >= 11 is 4.84. The first kappa shape index (κ1) is 15.8. The summed E-state index contributed by atoms with van der Waals surface area (Å²) in [5.74, 6) is 0.645. The highest BCUT2D eigenvalue weighted by Gasteiger charge is 2.22. The van der Waals surface area contributed by atoms with Gasteiger partial charge in [-0.05, 0) is 38.5 Å². The highest BCUT2D eigenvalue weighted by Crippen LogP contribution is 2.32. The molecule has 0 aromatic carbocycles. The third-order valence-electron chi connectivity index (χ3n) is 4.47. The molecule has 0 aliphatic heterocycles. The van der Waals surface area contributed by atoms with Gasteiger partial charge < -0.3 is 5.32 Å². The lowest BCUT2D eigenvalue weighted by atomic mass is 10.0. The first-order chi connectivity index (χ1) is 12.3. The van der Waals surface area contributed by atoms with Crippen LogP contribution in [0.3, 0.4) is 0 Å². The van der Waals surface area contributed by atoms with Gasteiger partial charge in [0.2, 0.25) is 5.13 Å². The number of aromatic nitrogens is 4. The molecule has 3 aromatic rings. The van der Waals surface area contributed by atoms with Crippen LogP contribution < -0.4 is 10.9 Å². The van der Waals surface area contributed by atoms with E-state index in [1.54, 1.807) is 40.5 Å². The molecule has 1 saturated carbocycles. The molecule has 0 bridgehead atoms. The number of thioether (sulfide) groups is 1. The fraction of sp³-hybridized carbons (Fsp3) is 0.500. The molecule has 1 N–H and O–H groups in total. The van der Waals surface area contributed by atoms with E-state index < -0.39 is 0 Å². The van der Waals surface area contributed by atoms with Crippen molar-refractivity contribution in [3.63, 3.8) is 0 Å². The summed E-state index contributed by atoms with van der Waals surface area (Å²) in [6.07, 6.45) is 6.89. The van der Waals surface area contributed by atoms with E-state index in [0.717, 1.165) is 39.4 Å². The van der Waals surface area contributed by atoms with Gasteiger partial charge in [0.1, 0.15) is 0 Å². The number of aryl methyl sites for hydroxylation is 2. The summed E-state index contributed by atoms with van der Waals surface area (Å²) in [6, 6.07) is 2.26. The molecule has 1 fully saturated rings. The molecule has 0 amide bonds. The quantitative estimate of drug-likeness (QED) is 0.673. The van der Waals surface area contributed by atoms with Gasteiger partial charge in [-0.25, -0.2) is 4.98 Å². The van der Waals surface area contributed by atoms with E-state index in [9.17, 15) is 4.79 Å². The zero-order valence-corrected chi connectivity index (χ0v) is 16.0. The third kappa shape index (κ3) is 3.20. The van der Waals surface area contributed by atoms with Crippen molar-refractivity contribution in [1.82, 2.24) is 19.6 Å². The lowest BCUT2D eigenvalue weighted by Gasteiger charge is -2.09. The van der Waals surface area contributed by atoms with E-state index in [-0.39, 0.29) is 5.56 Å². The van der Waals surface area contributed by atoms with Crippen molar-refractivity contribution >= 4 is 44.5 Å². The molecule has 0 atom stereocenters. The Labute approximate surface area is 156 Å². The van der Waals surface area contributed by atoms with E-state index >= 15 is 0 Å². The Bertz CT molecular complexity index is 987. The van der Waals surface area contributed by atoms with Crippen LogP contribution in [0.25, 0.3) is 4.96 Å². The predicted octanol–water partition coefficient (Wildman–Crippen LogP) is 3.35. The standard InChI is InChI=1S/C16H17N5OS3/c22-13-7-10(8-23-16-20-19-14(25-16)17-9-5-6-9)18-15-21(13)11-3-1-2-4-12(11)24-15/h7,9H,1-6,8H2,(H,17,19). The Morgan fingerprint density at radius 1 is 1.24 bits per heavy atom.